The molecule has 6 aromatic rings. The van der Waals surface area contributed by atoms with E-state index in [0.29, 0.717) is 0 Å². The highest BCUT2D eigenvalue weighted by Gasteiger charge is 2.29. The average Bonchev–Trinajstić information content (AvgIpc) is 3.29. The number of hydrogen-bond donors (Lipinski definition) is 0. The molecule has 0 aliphatic heterocycles. The number of rotatable bonds is 2. The van der Waals surface area contributed by atoms with Crippen LogP contribution in [0, 0.1) is 0 Å². The molecule has 160 valence electrons. The van der Waals surface area contributed by atoms with Gasteiger partial charge in [-0.25, -0.2) is 0 Å². The Morgan fingerprint density at radius 1 is 0.531 bits per heavy atom. The normalized spacial score (nSPS) is 13.3. The second-order valence-corrected chi connectivity index (χ2v) is 21.1. The van der Waals surface area contributed by atoms with E-state index in [9.17, 15) is 0 Å². The van der Waals surface area contributed by atoms with Crippen molar-refractivity contribution in [3.8, 4) is 0 Å². The molecule has 0 bridgehead atoms. The Labute approximate surface area is 189 Å². The topological polar surface area (TPSA) is 26.3 Å². The first-order valence-corrected chi connectivity index (χ1v) is 18.4. The van der Waals surface area contributed by atoms with Crippen LogP contribution < -0.4 is 10.4 Å². The predicted octanol–water partition coefficient (Wildman–Crippen LogP) is 7.73. The van der Waals surface area contributed by atoms with Gasteiger partial charge >= 0.3 is 0 Å². The smallest absolute Gasteiger partial charge is 0.135 e. The molecule has 2 heterocycles. The van der Waals surface area contributed by atoms with Gasteiger partial charge in [0.25, 0.3) is 0 Å². The summed E-state index contributed by atoms with van der Waals surface area (Å²) in [5.41, 5.74) is 4.05. The summed E-state index contributed by atoms with van der Waals surface area (Å²) in [5, 5.41) is 10.3. The number of fused-ring (bicyclic) bond motifs is 9. The van der Waals surface area contributed by atoms with E-state index in [1.54, 1.807) is 0 Å². The number of para-hydroxylation sites is 2. The van der Waals surface area contributed by atoms with Crippen molar-refractivity contribution in [3.05, 3.63) is 60.7 Å². The molecule has 0 unspecified atom stereocenters. The molecule has 32 heavy (non-hydrogen) atoms. The molecule has 4 heteroatoms. The molecule has 2 aromatic heterocycles. The van der Waals surface area contributed by atoms with Gasteiger partial charge in [-0.15, -0.1) is 0 Å². The molecule has 0 aliphatic carbocycles. The Balaban J connectivity index is 2.00. The van der Waals surface area contributed by atoms with E-state index in [-0.39, 0.29) is 0 Å². The van der Waals surface area contributed by atoms with Gasteiger partial charge in [0.1, 0.15) is 22.3 Å². The number of hydrogen-bond acceptors (Lipinski definition) is 2. The molecule has 0 amide bonds. The molecule has 0 atom stereocenters. The lowest BCUT2D eigenvalue weighted by Crippen LogP contribution is -2.39. The average molecular weight is 453 g/mol. The van der Waals surface area contributed by atoms with Crippen molar-refractivity contribution in [2.45, 2.75) is 39.3 Å². The second kappa shape index (κ2) is 6.36. The summed E-state index contributed by atoms with van der Waals surface area (Å²) in [7, 11) is -3.30. The zero-order chi connectivity index (χ0) is 22.4. The van der Waals surface area contributed by atoms with Gasteiger partial charge in [0.05, 0.1) is 16.1 Å². The molecule has 0 fully saturated rings. The minimum atomic E-state index is -1.65. The van der Waals surface area contributed by atoms with Gasteiger partial charge in [-0.1, -0.05) is 87.8 Å². The van der Waals surface area contributed by atoms with Gasteiger partial charge in [0.15, 0.2) is 0 Å². The maximum atomic E-state index is 6.57. The van der Waals surface area contributed by atoms with Gasteiger partial charge in [-0.2, -0.15) is 0 Å². The largest absolute Gasteiger partial charge is 0.456 e. The predicted molar refractivity (Wildman–Crippen MR) is 144 cm³/mol. The van der Waals surface area contributed by atoms with Crippen LogP contribution in [-0.4, -0.2) is 16.1 Å². The van der Waals surface area contributed by atoms with Crippen LogP contribution in [0.25, 0.3) is 54.6 Å². The lowest BCUT2D eigenvalue weighted by Gasteiger charge is -2.21. The molecular weight excluding hydrogens is 424 g/mol. The van der Waals surface area contributed by atoms with Crippen LogP contribution in [0.15, 0.2) is 69.5 Å². The summed E-state index contributed by atoms with van der Waals surface area (Å²) >= 11 is 0. The molecule has 4 aromatic carbocycles. The van der Waals surface area contributed by atoms with Gasteiger partial charge in [0, 0.05) is 26.9 Å². The standard InChI is InChI=1S/C28H28O2Si2/c1-31(2,3)22-15-17-16-23(32(4,5)6)28-26(19-12-8-10-14-21(19)30-28)24(17)25-18-11-7-9-13-20(18)29-27(22)25/h7-16H,1-6H3. The summed E-state index contributed by atoms with van der Waals surface area (Å²) in [6, 6.07) is 21.8. The zero-order valence-corrected chi connectivity index (χ0v) is 21.6. The van der Waals surface area contributed by atoms with Gasteiger partial charge in [0.2, 0.25) is 0 Å². The third-order valence-electron chi connectivity index (χ3n) is 6.68. The van der Waals surface area contributed by atoms with E-state index in [0.717, 1.165) is 22.3 Å². The highest BCUT2D eigenvalue weighted by Crippen LogP contribution is 2.41. The van der Waals surface area contributed by atoms with Crippen molar-refractivity contribution in [1.29, 1.82) is 0 Å². The maximum Gasteiger partial charge on any atom is 0.135 e. The minimum absolute atomic E-state index is 0.963. The van der Waals surface area contributed by atoms with E-state index in [2.05, 4.69) is 99.9 Å². The van der Waals surface area contributed by atoms with Crippen LogP contribution in [0.5, 0.6) is 0 Å². The van der Waals surface area contributed by atoms with Crippen LogP contribution in [-0.2, 0) is 0 Å². The van der Waals surface area contributed by atoms with Crippen molar-refractivity contribution in [2.75, 3.05) is 0 Å². The molecule has 0 spiro atoms. The molecule has 6 rings (SSSR count). The summed E-state index contributed by atoms with van der Waals surface area (Å²) in [6.07, 6.45) is 0. The lowest BCUT2D eigenvalue weighted by atomic mass is 9.98. The summed E-state index contributed by atoms with van der Waals surface area (Å²) in [6.45, 7) is 14.5. The first kappa shape index (κ1) is 19.8. The van der Waals surface area contributed by atoms with E-state index >= 15 is 0 Å². The van der Waals surface area contributed by atoms with Gasteiger partial charge in [-0.3, -0.25) is 0 Å². The van der Waals surface area contributed by atoms with Crippen molar-refractivity contribution in [2.24, 2.45) is 0 Å². The van der Waals surface area contributed by atoms with E-state index in [4.69, 9.17) is 8.83 Å². The van der Waals surface area contributed by atoms with Crippen molar-refractivity contribution in [3.63, 3.8) is 0 Å². The third kappa shape index (κ3) is 2.69. The van der Waals surface area contributed by atoms with Crippen LogP contribution >= 0.6 is 0 Å². The summed E-state index contributed by atoms with van der Waals surface area (Å²) in [4.78, 5) is 0. The van der Waals surface area contributed by atoms with Gasteiger partial charge < -0.3 is 8.83 Å². The Hall–Kier alpha value is -2.83. The van der Waals surface area contributed by atoms with Crippen LogP contribution in [0.2, 0.25) is 39.3 Å². The summed E-state index contributed by atoms with van der Waals surface area (Å²) < 4.78 is 13.1. The molecular formula is C28H28O2Si2. The Morgan fingerprint density at radius 3 is 1.34 bits per heavy atom. The molecule has 2 nitrogen and oxygen atoms in total. The first-order chi connectivity index (χ1) is 15.1. The fourth-order valence-corrected chi connectivity index (χ4v) is 8.01. The van der Waals surface area contributed by atoms with E-state index in [1.165, 1.54) is 42.7 Å². The fourth-order valence-electron chi connectivity index (χ4n) is 5.12. The van der Waals surface area contributed by atoms with Gasteiger partial charge in [-0.05, 0) is 27.9 Å². The number of benzene rings is 4. The van der Waals surface area contributed by atoms with E-state index < -0.39 is 16.1 Å². The minimum Gasteiger partial charge on any atom is -0.456 e. The third-order valence-corrected chi connectivity index (χ3v) is 10.7. The monoisotopic (exact) mass is 452 g/mol. The lowest BCUT2D eigenvalue weighted by molar-refractivity contribution is 0.671. The Bertz CT molecular complexity index is 1570. The Kier molecular flexibility index (Phi) is 3.94. The number of furan rings is 2. The molecule has 0 radical (unpaired) electrons. The molecule has 0 aliphatic rings. The maximum absolute atomic E-state index is 6.57. The highest BCUT2D eigenvalue weighted by molar-refractivity contribution is 6.91. The molecule has 0 saturated carbocycles. The van der Waals surface area contributed by atoms with E-state index in [1.807, 2.05) is 0 Å². The van der Waals surface area contributed by atoms with Crippen molar-refractivity contribution < 1.29 is 8.83 Å². The zero-order valence-electron chi connectivity index (χ0n) is 19.6. The van der Waals surface area contributed by atoms with Crippen molar-refractivity contribution in [1.82, 2.24) is 0 Å². The molecule has 0 N–H and O–H groups in total. The Morgan fingerprint density at radius 2 is 0.938 bits per heavy atom. The summed E-state index contributed by atoms with van der Waals surface area (Å²) in [5.74, 6) is 0. The first-order valence-electron chi connectivity index (χ1n) is 11.4. The van der Waals surface area contributed by atoms with Crippen LogP contribution in [0.1, 0.15) is 0 Å². The quantitative estimate of drug-likeness (QED) is 0.251. The SMILES string of the molecule is C[Si](C)(C)c1cc2cc([Si](C)(C)C)c3oc4ccccc4c3c2c2c1oc1ccccc12. The molecule has 0 saturated heterocycles. The van der Waals surface area contributed by atoms with Crippen molar-refractivity contribution >= 4 is 81.2 Å². The van der Waals surface area contributed by atoms with Crippen LogP contribution in [0.3, 0.4) is 0 Å². The highest BCUT2D eigenvalue weighted by atomic mass is 28.3. The fraction of sp³-hybridized carbons (Fsp3) is 0.214. The van der Waals surface area contributed by atoms with Crippen LogP contribution in [0.4, 0.5) is 0 Å². The second-order valence-electron chi connectivity index (χ2n) is 11.1.